The number of carbonyl (C=O) groups is 2. The fraction of sp³-hybridized carbons (Fsp3) is 0.440. The second-order valence-corrected chi connectivity index (χ2v) is 8.78. The van der Waals surface area contributed by atoms with Gasteiger partial charge in [-0.25, -0.2) is 0 Å². The van der Waals surface area contributed by atoms with E-state index in [9.17, 15) is 9.59 Å². The highest BCUT2D eigenvalue weighted by Gasteiger charge is 2.38. The van der Waals surface area contributed by atoms with Gasteiger partial charge in [-0.05, 0) is 61.7 Å². The third-order valence-electron chi connectivity index (χ3n) is 7.02. The average Bonchev–Trinajstić information content (AvgIpc) is 2.86. The standard InChI is InChI=1S/C25H30N4O3/c1-26-23-17-18(6-11-21(23)29-12-4-3-5-22(29)25(26)31)24(30)28-15-13-27(14-16-28)19-7-9-20(32-2)10-8-19/h6-11,17,22H,3-5,12-16H2,1-2H3. The molecule has 168 valence electrons. The van der Waals surface area contributed by atoms with Crippen LogP contribution in [0, 0.1) is 0 Å². The van der Waals surface area contributed by atoms with Crippen LogP contribution in [0.3, 0.4) is 0 Å². The van der Waals surface area contributed by atoms with Crippen molar-refractivity contribution in [3.05, 3.63) is 48.0 Å². The molecule has 0 radical (unpaired) electrons. The minimum Gasteiger partial charge on any atom is -0.497 e. The first-order valence-corrected chi connectivity index (χ1v) is 11.4. The van der Waals surface area contributed by atoms with E-state index in [-0.39, 0.29) is 17.9 Å². The van der Waals surface area contributed by atoms with Gasteiger partial charge < -0.3 is 24.3 Å². The zero-order valence-corrected chi connectivity index (χ0v) is 18.8. The van der Waals surface area contributed by atoms with Crippen LogP contribution in [0.25, 0.3) is 0 Å². The van der Waals surface area contributed by atoms with Crippen molar-refractivity contribution in [1.82, 2.24) is 4.90 Å². The van der Waals surface area contributed by atoms with Gasteiger partial charge in [0.25, 0.3) is 5.91 Å². The number of nitrogens with zero attached hydrogens (tertiary/aromatic N) is 4. The molecule has 2 saturated heterocycles. The lowest BCUT2D eigenvalue weighted by atomic mass is 9.95. The number of anilines is 3. The Hall–Kier alpha value is -3.22. The van der Waals surface area contributed by atoms with Gasteiger partial charge in [0.15, 0.2) is 0 Å². The van der Waals surface area contributed by atoms with E-state index >= 15 is 0 Å². The van der Waals surface area contributed by atoms with Gasteiger partial charge in [0.2, 0.25) is 5.91 Å². The number of carbonyl (C=O) groups excluding carboxylic acids is 2. The van der Waals surface area contributed by atoms with Crippen LogP contribution < -0.4 is 19.4 Å². The lowest BCUT2D eigenvalue weighted by Gasteiger charge is -2.44. The number of benzene rings is 2. The Morgan fingerprint density at radius 2 is 1.69 bits per heavy atom. The molecule has 5 rings (SSSR count). The lowest BCUT2D eigenvalue weighted by Crippen LogP contribution is -2.54. The molecule has 0 bridgehead atoms. The van der Waals surface area contributed by atoms with Gasteiger partial charge >= 0.3 is 0 Å². The van der Waals surface area contributed by atoms with Gasteiger partial charge in [0.05, 0.1) is 18.5 Å². The number of piperidine rings is 1. The van der Waals surface area contributed by atoms with Crippen LogP contribution in [-0.4, -0.2) is 69.6 Å². The van der Waals surface area contributed by atoms with Crippen LogP contribution in [0.4, 0.5) is 17.1 Å². The van der Waals surface area contributed by atoms with Gasteiger partial charge in [-0.2, -0.15) is 0 Å². The summed E-state index contributed by atoms with van der Waals surface area (Å²) >= 11 is 0. The number of likely N-dealkylation sites (N-methyl/N-ethyl adjacent to an activating group) is 1. The Labute approximate surface area is 189 Å². The highest BCUT2D eigenvalue weighted by atomic mass is 16.5. The van der Waals surface area contributed by atoms with E-state index in [1.165, 1.54) is 0 Å². The predicted molar refractivity (Wildman–Crippen MR) is 126 cm³/mol. The van der Waals surface area contributed by atoms with Gasteiger partial charge in [-0.3, -0.25) is 9.59 Å². The summed E-state index contributed by atoms with van der Waals surface area (Å²) < 4.78 is 5.24. The largest absolute Gasteiger partial charge is 0.497 e. The SMILES string of the molecule is COc1ccc(N2CCN(C(=O)c3ccc4c(c3)N(C)C(=O)C3CCCCN43)CC2)cc1. The van der Waals surface area contributed by atoms with E-state index in [1.807, 2.05) is 42.3 Å². The van der Waals surface area contributed by atoms with Crippen LogP contribution in [0.2, 0.25) is 0 Å². The Morgan fingerprint density at radius 1 is 0.938 bits per heavy atom. The number of amides is 2. The van der Waals surface area contributed by atoms with E-state index in [4.69, 9.17) is 4.74 Å². The molecular formula is C25H30N4O3. The van der Waals surface area contributed by atoms with E-state index in [0.29, 0.717) is 18.7 Å². The zero-order chi connectivity index (χ0) is 22.2. The predicted octanol–water partition coefficient (Wildman–Crippen LogP) is 2.99. The normalized spacial score (nSPS) is 20.7. The lowest BCUT2D eigenvalue weighted by molar-refractivity contribution is -0.120. The molecule has 32 heavy (non-hydrogen) atoms. The van der Waals surface area contributed by atoms with Gasteiger partial charge in [0.1, 0.15) is 11.8 Å². The quantitative estimate of drug-likeness (QED) is 0.744. The summed E-state index contributed by atoms with van der Waals surface area (Å²) in [5, 5.41) is 0. The molecule has 3 aliphatic rings. The molecule has 2 amide bonds. The molecule has 3 aliphatic heterocycles. The molecule has 7 heteroatoms. The molecular weight excluding hydrogens is 404 g/mol. The zero-order valence-electron chi connectivity index (χ0n) is 18.8. The highest BCUT2D eigenvalue weighted by Crippen LogP contribution is 2.39. The topological polar surface area (TPSA) is 56.3 Å². The molecule has 0 saturated carbocycles. The number of piperazine rings is 1. The van der Waals surface area contributed by atoms with Gasteiger partial charge in [0, 0.05) is 51.0 Å². The summed E-state index contributed by atoms with van der Waals surface area (Å²) in [5.41, 5.74) is 3.70. The second kappa shape index (κ2) is 8.37. The second-order valence-electron chi connectivity index (χ2n) is 8.78. The molecule has 1 unspecified atom stereocenters. The maximum Gasteiger partial charge on any atom is 0.254 e. The fourth-order valence-electron chi connectivity index (χ4n) is 5.13. The first-order chi connectivity index (χ1) is 15.6. The van der Waals surface area contributed by atoms with Crippen LogP contribution in [0.1, 0.15) is 29.6 Å². The highest BCUT2D eigenvalue weighted by molar-refractivity contribution is 6.07. The van der Waals surface area contributed by atoms with E-state index in [2.05, 4.69) is 21.9 Å². The third-order valence-corrected chi connectivity index (χ3v) is 7.02. The van der Waals surface area contributed by atoms with Crippen molar-refractivity contribution in [3.63, 3.8) is 0 Å². The summed E-state index contributed by atoms with van der Waals surface area (Å²) in [7, 11) is 3.49. The van der Waals surface area contributed by atoms with Crippen molar-refractivity contribution in [2.45, 2.75) is 25.3 Å². The number of rotatable bonds is 3. The van der Waals surface area contributed by atoms with Crippen molar-refractivity contribution in [2.75, 3.05) is 61.6 Å². The van der Waals surface area contributed by atoms with Crippen LogP contribution >= 0.6 is 0 Å². The number of hydrogen-bond acceptors (Lipinski definition) is 5. The summed E-state index contributed by atoms with van der Waals surface area (Å²) in [6.07, 6.45) is 3.10. The van der Waals surface area contributed by atoms with Crippen LogP contribution in [-0.2, 0) is 4.79 Å². The summed E-state index contributed by atoms with van der Waals surface area (Å²) in [4.78, 5) is 34.3. The Kier molecular flexibility index (Phi) is 5.41. The molecule has 2 aromatic rings. The van der Waals surface area contributed by atoms with E-state index in [0.717, 1.165) is 61.7 Å². The van der Waals surface area contributed by atoms with Gasteiger partial charge in [-0.1, -0.05) is 0 Å². The Balaban J connectivity index is 1.30. The smallest absolute Gasteiger partial charge is 0.254 e. The third kappa shape index (κ3) is 3.55. The molecule has 0 N–H and O–H groups in total. The molecule has 0 spiro atoms. The molecule has 7 nitrogen and oxygen atoms in total. The molecule has 3 heterocycles. The maximum atomic E-state index is 13.3. The maximum absolute atomic E-state index is 13.3. The summed E-state index contributed by atoms with van der Waals surface area (Å²) in [6, 6.07) is 13.8. The van der Waals surface area contributed by atoms with Crippen molar-refractivity contribution in [1.29, 1.82) is 0 Å². The summed E-state index contributed by atoms with van der Waals surface area (Å²) in [5.74, 6) is 1.01. The van der Waals surface area contributed by atoms with Crippen LogP contribution in [0.15, 0.2) is 42.5 Å². The minimum absolute atomic E-state index is 0.0313. The first kappa shape index (κ1) is 20.7. The molecule has 1 atom stereocenters. The van der Waals surface area contributed by atoms with Gasteiger partial charge in [-0.15, -0.1) is 0 Å². The van der Waals surface area contributed by atoms with Crippen molar-refractivity contribution >= 4 is 28.9 Å². The molecule has 2 aromatic carbocycles. The number of hydrogen-bond donors (Lipinski definition) is 0. The van der Waals surface area contributed by atoms with Crippen molar-refractivity contribution in [3.8, 4) is 5.75 Å². The molecule has 2 fully saturated rings. The molecule has 0 aliphatic carbocycles. The summed E-state index contributed by atoms with van der Waals surface area (Å²) in [6.45, 7) is 3.82. The van der Waals surface area contributed by atoms with Crippen molar-refractivity contribution < 1.29 is 14.3 Å². The van der Waals surface area contributed by atoms with Crippen molar-refractivity contribution in [2.24, 2.45) is 0 Å². The number of fused-ring (bicyclic) bond motifs is 3. The van der Waals surface area contributed by atoms with E-state index < -0.39 is 0 Å². The number of ether oxygens (including phenoxy) is 1. The monoisotopic (exact) mass is 434 g/mol. The first-order valence-electron chi connectivity index (χ1n) is 11.4. The van der Waals surface area contributed by atoms with E-state index in [1.54, 1.807) is 12.0 Å². The molecule has 0 aromatic heterocycles. The minimum atomic E-state index is -0.0613. The number of methoxy groups -OCH3 is 1. The van der Waals surface area contributed by atoms with Crippen LogP contribution in [0.5, 0.6) is 5.75 Å². The fourth-order valence-corrected chi connectivity index (χ4v) is 5.13. The average molecular weight is 435 g/mol. The Bertz CT molecular complexity index is 1010. The Morgan fingerprint density at radius 3 is 2.41 bits per heavy atom.